The largest absolute Gasteiger partial charge is 0.496 e. The van der Waals surface area contributed by atoms with Gasteiger partial charge in [-0.15, -0.1) is 0 Å². The third-order valence-electron chi connectivity index (χ3n) is 3.44. The van der Waals surface area contributed by atoms with Crippen LogP contribution in [0, 0.1) is 27.7 Å². The second-order valence-corrected chi connectivity index (χ2v) is 5.91. The van der Waals surface area contributed by atoms with Gasteiger partial charge in [0.2, 0.25) is 0 Å². The Bertz CT molecular complexity index is 508. The topological polar surface area (TPSA) is 35.5 Å². The first-order chi connectivity index (χ1) is 8.60. The van der Waals surface area contributed by atoms with Crippen LogP contribution in [0.1, 0.15) is 53.4 Å². The molecule has 0 atom stereocenters. The zero-order valence-corrected chi connectivity index (χ0v) is 13.2. The zero-order chi connectivity index (χ0) is 15.0. The SMILES string of the molecule is COc1c(C)c(C)c(C)c(C)c1C(=O)OC(C)(C)C. The average molecular weight is 264 g/mol. The van der Waals surface area contributed by atoms with Gasteiger partial charge in [-0.2, -0.15) is 0 Å². The number of carbonyl (C=O) groups is 1. The highest BCUT2D eigenvalue weighted by molar-refractivity contribution is 5.95. The van der Waals surface area contributed by atoms with Crippen molar-refractivity contribution in [2.75, 3.05) is 7.11 Å². The van der Waals surface area contributed by atoms with Gasteiger partial charge in [0.1, 0.15) is 16.9 Å². The molecule has 3 nitrogen and oxygen atoms in total. The highest BCUT2D eigenvalue weighted by Gasteiger charge is 2.26. The summed E-state index contributed by atoms with van der Waals surface area (Å²) >= 11 is 0. The number of carbonyl (C=O) groups excluding carboxylic acids is 1. The van der Waals surface area contributed by atoms with E-state index in [-0.39, 0.29) is 5.97 Å². The molecule has 0 amide bonds. The van der Waals surface area contributed by atoms with Gasteiger partial charge in [-0.25, -0.2) is 4.79 Å². The van der Waals surface area contributed by atoms with Crippen molar-refractivity contribution in [3.05, 3.63) is 27.8 Å². The van der Waals surface area contributed by atoms with Crippen LogP contribution in [0.4, 0.5) is 0 Å². The van der Waals surface area contributed by atoms with Crippen molar-refractivity contribution >= 4 is 5.97 Å². The van der Waals surface area contributed by atoms with Crippen LogP contribution in [-0.2, 0) is 4.74 Å². The maximum Gasteiger partial charge on any atom is 0.342 e. The number of rotatable bonds is 2. The number of methoxy groups -OCH3 is 1. The molecule has 0 spiro atoms. The highest BCUT2D eigenvalue weighted by Crippen LogP contribution is 2.33. The molecule has 0 bridgehead atoms. The third-order valence-corrected chi connectivity index (χ3v) is 3.44. The molecular formula is C16H24O3. The number of hydrogen-bond donors (Lipinski definition) is 0. The minimum absolute atomic E-state index is 0.326. The van der Waals surface area contributed by atoms with Crippen molar-refractivity contribution in [3.8, 4) is 5.75 Å². The lowest BCUT2D eigenvalue weighted by Crippen LogP contribution is -2.25. The molecule has 0 fully saturated rings. The quantitative estimate of drug-likeness (QED) is 0.760. The van der Waals surface area contributed by atoms with Gasteiger partial charge < -0.3 is 9.47 Å². The van der Waals surface area contributed by atoms with Gasteiger partial charge in [0.05, 0.1) is 7.11 Å². The molecule has 19 heavy (non-hydrogen) atoms. The lowest BCUT2D eigenvalue weighted by molar-refractivity contribution is 0.00654. The van der Waals surface area contributed by atoms with Crippen LogP contribution in [-0.4, -0.2) is 18.7 Å². The number of esters is 1. The molecular weight excluding hydrogens is 240 g/mol. The minimum Gasteiger partial charge on any atom is -0.496 e. The maximum atomic E-state index is 12.4. The summed E-state index contributed by atoms with van der Waals surface area (Å²) in [6, 6.07) is 0. The van der Waals surface area contributed by atoms with Gasteiger partial charge in [0.25, 0.3) is 0 Å². The number of ether oxygens (including phenoxy) is 2. The average Bonchev–Trinajstić information content (AvgIpc) is 2.28. The van der Waals surface area contributed by atoms with E-state index in [0.717, 1.165) is 22.3 Å². The number of benzene rings is 1. The maximum absolute atomic E-state index is 12.4. The lowest BCUT2D eigenvalue weighted by Gasteiger charge is -2.23. The first-order valence-electron chi connectivity index (χ1n) is 6.47. The fourth-order valence-corrected chi connectivity index (χ4v) is 2.11. The molecule has 1 aromatic carbocycles. The monoisotopic (exact) mass is 264 g/mol. The Kier molecular flexibility index (Phi) is 4.28. The summed E-state index contributed by atoms with van der Waals surface area (Å²) in [6.45, 7) is 13.5. The van der Waals surface area contributed by atoms with Crippen molar-refractivity contribution in [1.29, 1.82) is 0 Å². The van der Waals surface area contributed by atoms with Gasteiger partial charge >= 0.3 is 5.97 Å². The van der Waals surface area contributed by atoms with Gasteiger partial charge in [-0.05, 0) is 70.7 Å². The van der Waals surface area contributed by atoms with E-state index in [1.165, 1.54) is 0 Å². The number of hydrogen-bond acceptors (Lipinski definition) is 3. The van der Waals surface area contributed by atoms with Crippen LogP contribution in [0.5, 0.6) is 5.75 Å². The van der Waals surface area contributed by atoms with Gasteiger partial charge in [0.15, 0.2) is 0 Å². The first kappa shape index (κ1) is 15.5. The van der Waals surface area contributed by atoms with E-state index in [9.17, 15) is 4.79 Å². The summed E-state index contributed by atoms with van der Waals surface area (Å²) in [4.78, 5) is 12.4. The Labute approximate surface area is 115 Å². The highest BCUT2D eigenvalue weighted by atomic mass is 16.6. The molecule has 0 aliphatic rings. The zero-order valence-electron chi connectivity index (χ0n) is 13.2. The molecule has 0 aliphatic carbocycles. The fraction of sp³-hybridized carbons (Fsp3) is 0.562. The fourth-order valence-electron chi connectivity index (χ4n) is 2.11. The van der Waals surface area contributed by atoms with E-state index in [1.807, 2.05) is 48.5 Å². The molecule has 106 valence electrons. The van der Waals surface area contributed by atoms with E-state index in [4.69, 9.17) is 9.47 Å². The molecule has 0 saturated carbocycles. The van der Waals surface area contributed by atoms with Crippen LogP contribution >= 0.6 is 0 Å². The van der Waals surface area contributed by atoms with E-state index in [1.54, 1.807) is 7.11 Å². The molecule has 0 radical (unpaired) electrons. The molecule has 1 rings (SSSR count). The summed E-state index contributed by atoms with van der Waals surface area (Å²) < 4.78 is 10.9. The van der Waals surface area contributed by atoms with Crippen LogP contribution in [0.2, 0.25) is 0 Å². The summed E-state index contributed by atoms with van der Waals surface area (Å²) in [6.07, 6.45) is 0. The van der Waals surface area contributed by atoms with Crippen molar-refractivity contribution in [2.24, 2.45) is 0 Å². The predicted octanol–water partition coefficient (Wildman–Crippen LogP) is 3.88. The van der Waals surface area contributed by atoms with Crippen molar-refractivity contribution in [2.45, 2.75) is 54.1 Å². The molecule has 0 N–H and O–H groups in total. The summed E-state index contributed by atoms with van der Waals surface area (Å²) in [5.41, 5.74) is 4.21. The minimum atomic E-state index is -0.513. The Morgan fingerprint density at radius 1 is 0.895 bits per heavy atom. The van der Waals surface area contributed by atoms with E-state index < -0.39 is 5.60 Å². The lowest BCUT2D eigenvalue weighted by atomic mass is 9.93. The van der Waals surface area contributed by atoms with Crippen LogP contribution < -0.4 is 4.74 Å². The molecule has 3 heteroatoms. The molecule has 0 heterocycles. The van der Waals surface area contributed by atoms with Crippen molar-refractivity contribution < 1.29 is 14.3 Å². The van der Waals surface area contributed by atoms with Crippen LogP contribution in [0.15, 0.2) is 0 Å². The molecule has 0 aliphatic heterocycles. The molecule has 0 aromatic heterocycles. The van der Waals surface area contributed by atoms with Crippen molar-refractivity contribution in [1.82, 2.24) is 0 Å². The van der Waals surface area contributed by atoms with Gasteiger partial charge in [0, 0.05) is 0 Å². The first-order valence-corrected chi connectivity index (χ1v) is 6.47. The van der Waals surface area contributed by atoms with Crippen LogP contribution in [0.3, 0.4) is 0 Å². The predicted molar refractivity (Wildman–Crippen MR) is 77.1 cm³/mol. The van der Waals surface area contributed by atoms with Crippen molar-refractivity contribution in [3.63, 3.8) is 0 Å². The van der Waals surface area contributed by atoms with E-state index in [0.29, 0.717) is 11.3 Å². The summed E-state index contributed by atoms with van der Waals surface area (Å²) in [5.74, 6) is 0.294. The standard InChI is InChI=1S/C16H24O3/c1-9-10(2)12(4)14(18-8)13(11(9)3)15(17)19-16(5,6)7/h1-8H3. The third kappa shape index (κ3) is 3.09. The van der Waals surface area contributed by atoms with E-state index in [2.05, 4.69) is 0 Å². The second-order valence-electron chi connectivity index (χ2n) is 5.91. The van der Waals surface area contributed by atoms with E-state index >= 15 is 0 Å². The van der Waals surface area contributed by atoms with Gasteiger partial charge in [-0.1, -0.05) is 0 Å². The molecule has 0 unspecified atom stereocenters. The summed E-state index contributed by atoms with van der Waals surface area (Å²) in [5, 5.41) is 0. The Hall–Kier alpha value is -1.51. The molecule has 1 aromatic rings. The molecule has 0 saturated heterocycles. The summed E-state index contributed by atoms with van der Waals surface area (Å²) in [7, 11) is 1.59. The Morgan fingerprint density at radius 2 is 1.37 bits per heavy atom. The van der Waals surface area contributed by atoms with Crippen LogP contribution in [0.25, 0.3) is 0 Å². The smallest absolute Gasteiger partial charge is 0.342 e. The Morgan fingerprint density at radius 3 is 1.79 bits per heavy atom. The normalized spacial score (nSPS) is 11.4. The second kappa shape index (κ2) is 5.24. The van der Waals surface area contributed by atoms with Gasteiger partial charge in [-0.3, -0.25) is 0 Å². The Balaban J connectivity index is 3.46.